The molecule has 1 saturated heterocycles. The summed E-state index contributed by atoms with van der Waals surface area (Å²) in [4.78, 5) is 6.63. The second kappa shape index (κ2) is 5.66. The van der Waals surface area contributed by atoms with E-state index in [1.807, 2.05) is 12.5 Å². The zero-order valence-electron chi connectivity index (χ0n) is 10.2. The fraction of sp³-hybridized carbons (Fsp3) is 0.727. The van der Waals surface area contributed by atoms with Gasteiger partial charge in [0.05, 0.1) is 12.0 Å². The van der Waals surface area contributed by atoms with E-state index in [4.69, 9.17) is 0 Å². The molecule has 0 aliphatic carbocycles. The largest absolute Gasteiger partial charge is 0.337 e. The van der Waals surface area contributed by atoms with Crippen molar-refractivity contribution in [1.29, 1.82) is 0 Å². The molecule has 0 radical (unpaired) electrons. The Morgan fingerprint density at radius 1 is 1.38 bits per heavy atom. The first kappa shape index (κ1) is 13.5. The Morgan fingerprint density at radius 2 is 2.00 bits per heavy atom. The number of nitrogens with zero attached hydrogens (tertiary/aromatic N) is 3. The van der Waals surface area contributed by atoms with Crippen LogP contribution in [0.25, 0.3) is 0 Å². The van der Waals surface area contributed by atoms with Gasteiger partial charge < -0.3 is 9.88 Å². The Morgan fingerprint density at radius 3 is 2.50 bits per heavy atom. The quantitative estimate of drug-likeness (QED) is 0.844. The van der Waals surface area contributed by atoms with Gasteiger partial charge in [0.1, 0.15) is 0 Å². The van der Waals surface area contributed by atoms with Crippen molar-refractivity contribution in [2.45, 2.75) is 32.5 Å². The van der Waals surface area contributed by atoms with Crippen molar-refractivity contribution in [1.82, 2.24) is 19.8 Å². The summed E-state index contributed by atoms with van der Waals surface area (Å²) in [6.07, 6.45) is 3.82. The maximum absolute atomic E-state index is 4.15. The smallest absolute Gasteiger partial charge is 0.0945 e. The van der Waals surface area contributed by atoms with E-state index in [9.17, 15) is 0 Å². The summed E-state index contributed by atoms with van der Waals surface area (Å²) >= 11 is 0. The highest BCUT2D eigenvalue weighted by Gasteiger charge is 2.21. The van der Waals surface area contributed by atoms with Gasteiger partial charge in [0, 0.05) is 45.0 Å². The molecule has 92 valence electrons. The van der Waals surface area contributed by atoms with Crippen molar-refractivity contribution >= 4 is 12.4 Å². The third kappa shape index (κ3) is 3.20. The molecule has 1 aliphatic heterocycles. The zero-order valence-corrected chi connectivity index (χ0v) is 11.0. The van der Waals surface area contributed by atoms with Crippen LogP contribution in [-0.2, 0) is 13.6 Å². The lowest BCUT2D eigenvalue weighted by Gasteiger charge is -2.36. The van der Waals surface area contributed by atoms with Crippen LogP contribution >= 0.6 is 12.4 Å². The topological polar surface area (TPSA) is 33.1 Å². The number of hydrogen-bond donors (Lipinski definition) is 1. The molecule has 2 unspecified atom stereocenters. The van der Waals surface area contributed by atoms with Crippen LogP contribution in [0.4, 0.5) is 0 Å². The predicted octanol–water partition coefficient (Wildman–Crippen LogP) is 1.02. The summed E-state index contributed by atoms with van der Waals surface area (Å²) in [6, 6.07) is 1.17. The standard InChI is InChI=1S/C11H20N4.ClH/c1-9-5-15(6-10(2)13-9)7-11-4-12-8-14(11)3;/h4,8-10,13H,5-7H2,1-3H3;1H. The van der Waals surface area contributed by atoms with E-state index in [0.717, 1.165) is 19.6 Å². The third-order valence-corrected chi connectivity index (χ3v) is 2.94. The average molecular weight is 245 g/mol. The maximum Gasteiger partial charge on any atom is 0.0945 e. The summed E-state index contributed by atoms with van der Waals surface area (Å²) < 4.78 is 2.09. The normalized spacial score (nSPS) is 26.4. The fourth-order valence-corrected chi connectivity index (χ4v) is 2.34. The molecule has 5 heteroatoms. The number of rotatable bonds is 2. The van der Waals surface area contributed by atoms with Gasteiger partial charge in [0.15, 0.2) is 0 Å². The zero-order chi connectivity index (χ0) is 10.8. The highest BCUT2D eigenvalue weighted by atomic mass is 35.5. The number of aryl methyl sites for hydroxylation is 1. The Hall–Kier alpha value is -0.580. The van der Waals surface area contributed by atoms with Gasteiger partial charge in [-0.3, -0.25) is 4.90 Å². The van der Waals surface area contributed by atoms with E-state index in [-0.39, 0.29) is 12.4 Å². The summed E-state index contributed by atoms with van der Waals surface area (Å²) in [5.41, 5.74) is 1.29. The molecule has 1 N–H and O–H groups in total. The van der Waals surface area contributed by atoms with Gasteiger partial charge in [-0.2, -0.15) is 0 Å². The van der Waals surface area contributed by atoms with Crippen LogP contribution in [0.1, 0.15) is 19.5 Å². The summed E-state index contributed by atoms with van der Waals surface area (Å²) in [6.45, 7) is 7.73. The second-order valence-corrected chi connectivity index (χ2v) is 4.66. The fourth-order valence-electron chi connectivity index (χ4n) is 2.34. The van der Waals surface area contributed by atoms with Gasteiger partial charge >= 0.3 is 0 Å². The molecular weight excluding hydrogens is 224 g/mol. The van der Waals surface area contributed by atoms with Gasteiger partial charge in [-0.1, -0.05) is 0 Å². The van der Waals surface area contributed by atoms with Crippen LogP contribution in [0.2, 0.25) is 0 Å². The first-order valence-electron chi connectivity index (χ1n) is 5.58. The van der Waals surface area contributed by atoms with Gasteiger partial charge in [-0.15, -0.1) is 12.4 Å². The van der Waals surface area contributed by atoms with Crippen LogP contribution in [-0.4, -0.2) is 39.6 Å². The van der Waals surface area contributed by atoms with E-state index in [0.29, 0.717) is 12.1 Å². The molecule has 4 nitrogen and oxygen atoms in total. The first-order chi connectivity index (χ1) is 7.15. The van der Waals surface area contributed by atoms with Crippen molar-refractivity contribution in [3.05, 3.63) is 18.2 Å². The Kier molecular flexibility index (Phi) is 4.77. The molecule has 0 saturated carbocycles. The van der Waals surface area contributed by atoms with Gasteiger partial charge in [-0.25, -0.2) is 4.98 Å². The highest BCUT2D eigenvalue weighted by molar-refractivity contribution is 5.85. The molecular formula is C11H21ClN4. The number of hydrogen-bond acceptors (Lipinski definition) is 3. The third-order valence-electron chi connectivity index (χ3n) is 2.94. The van der Waals surface area contributed by atoms with Crippen molar-refractivity contribution in [2.75, 3.05) is 13.1 Å². The number of piperazine rings is 1. The molecule has 0 aromatic carbocycles. The molecule has 0 amide bonds. The summed E-state index contributed by atoms with van der Waals surface area (Å²) in [5.74, 6) is 0. The van der Waals surface area contributed by atoms with Crippen LogP contribution < -0.4 is 5.32 Å². The molecule has 0 bridgehead atoms. The maximum atomic E-state index is 4.15. The lowest BCUT2D eigenvalue weighted by atomic mass is 10.1. The first-order valence-corrected chi connectivity index (χ1v) is 5.58. The SMILES string of the molecule is CC1CN(Cc2cncn2C)CC(C)N1.Cl. The van der Waals surface area contributed by atoms with E-state index < -0.39 is 0 Å². The number of nitrogens with one attached hydrogen (secondary N) is 1. The Bertz CT molecular complexity index is 316. The highest BCUT2D eigenvalue weighted by Crippen LogP contribution is 2.09. The molecule has 2 heterocycles. The average Bonchev–Trinajstić information content (AvgIpc) is 2.50. The Balaban J connectivity index is 0.00000128. The van der Waals surface area contributed by atoms with E-state index in [1.54, 1.807) is 0 Å². The molecule has 2 atom stereocenters. The predicted molar refractivity (Wildman–Crippen MR) is 67.8 cm³/mol. The monoisotopic (exact) mass is 244 g/mol. The lowest BCUT2D eigenvalue weighted by Crippen LogP contribution is -2.53. The van der Waals surface area contributed by atoms with Gasteiger partial charge in [0.25, 0.3) is 0 Å². The number of imidazole rings is 1. The molecule has 16 heavy (non-hydrogen) atoms. The molecule has 1 aromatic heterocycles. The van der Waals surface area contributed by atoms with Gasteiger partial charge in [0.2, 0.25) is 0 Å². The van der Waals surface area contributed by atoms with Crippen LogP contribution in [0.15, 0.2) is 12.5 Å². The van der Waals surface area contributed by atoms with Gasteiger partial charge in [-0.05, 0) is 13.8 Å². The molecule has 1 fully saturated rings. The minimum Gasteiger partial charge on any atom is -0.337 e. The van der Waals surface area contributed by atoms with Crippen molar-refractivity contribution in [2.24, 2.45) is 7.05 Å². The minimum atomic E-state index is 0. The van der Waals surface area contributed by atoms with E-state index in [1.165, 1.54) is 5.69 Å². The number of aromatic nitrogens is 2. The molecule has 2 rings (SSSR count). The molecule has 0 spiro atoms. The molecule has 1 aliphatic rings. The van der Waals surface area contributed by atoms with Crippen molar-refractivity contribution < 1.29 is 0 Å². The minimum absolute atomic E-state index is 0. The lowest BCUT2D eigenvalue weighted by molar-refractivity contribution is 0.164. The number of halogens is 1. The van der Waals surface area contributed by atoms with Crippen molar-refractivity contribution in [3.8, 4) is 0 Å². The van der Waals surface area contributed by atoms with E-state index in [2.05, 4.69) is 40.7 Å². The van der Waals surface area contributed by atoms with Crippen LogP contribution in [0.5, 0.6) is 0 Å². The van der Waals surface area contributed by atoms with Crippen LogP contribution in [0.3, 0.4) is 0 Å². The summed E-state index contributed by atoms with van der Waals surface area (Å²) in [7, 11) is 2.05. The van der Waals surface area contributed by atoms with Crippen LogP contribution in [0, 0.1) is 0 Å². The second-order valence-electron chi connectivity index (χ2n) is 4.66. The van der Waals surface area contributed by atoms with E-state index >= 15 is 0 Å². The Labute approximate surface area is 103 Å². The summed E-state index contributed by atoms with van der Waals surface area (Å²) in [5, 5.41) is 3.54. The van der Waals surface area contributed by atoms with Crippen molar-refractivity contribution in [3.63, 3.8) is 0 Å². The molecule has 1 aromatic rings.